The molecule has 0 N–H and O–H groups in total. The molecule has 2 aromatic rings. The summed E-state index contributed by atoms with van der Waals surface area (Å²) in [5.74, 6) is 0.365. The Balaban J connectivity index is 2.06. The first-order valence-electron chi connectivity index (χ1n) is 9.47. The SMILES string of the molecule is CCOc1cc(Br)c(CC(=O)OC(C)C(=O)N(C)c2ccccc2)cc1OCC. The number of rotatable bonds is 9. The highest BCUT2D eigenvalue weighted by molar-refractivity contribution is 9.10. The van der Waals surface area contributed by atoms with Crippen LogP contribution in [-0.4, -0.2) is 38.2 Å². The quantitative estimate of drug-likeness (QED) is 0.516. The van der Waals surface area contributed by atoms with Crippen molar-refractivity contribution < 1.29 is 23.8 Å². The summed E-state index contributed by atoms with van der Waals surface area (Å²) in [4.78, 5) is 26.5. The Morgan fingerprint density at radius 2 is 1.62 bits per heavy atom. The van der Waals surface area contributed by atoms with E-state index in [1.54, 1.807) is 26.1 Å². The van der Waals surface area contributed by atoms with Crippen LogP contribution in [-0.2, 0) is 20.7 Å². The Morgan fingerprint density at radius 1 is 1.03 bits per heavy atom. The average Bonchev–Trinajstić information content (AvgIpc) is 2.71. The molecule has 0 saturated carbocycles. The van der Waals surface area contributed by atoms with Gasteiger partial charge in [0.1, 0.15) is 0 Å². The fourth-order valence-electron chi connectivity index (χ4n) is 2.75. The van der Waals surface area contributed by atoms with Gasteiger partial charge in [0, 0.05) is 17.2 Å². The van der Waals surface area contributed by atoms with Gasteiger partial charge in [-0.2, -0.15) is 0 Å². The molecule has 0 spiro atoms. The molecule has 0 aromatic heterocycles. The van der Waals surface area contributed by atoms with Crippen LogP contribution in [0, 0.1) is 0 Å². The molecule has 1 unspecified atom stereocenters. The first-order valence-corrected chi connectivity index (χ1v) is 10.3. The summed E-state index contributed by atoms with van der Waals surface area (Å²) in [7, 11) is 1.65. The van der Waals surface area contributed by atoms with E-state index >= 15 is 0 Å². The van der Waals surface area contributed by atoms with Gasteiger partial charge in [0.05, 0.1) is 19.6 Å². The molecule has 2 rings (SSSR count). The van der Waals surface area contributed by atoms with Crippen LogP contribution in [0.1, 0.15) is 26.3 Å². The van der Waals surface area contributed by atoms with Gasteiger partial charge in [-0.15, -0.1) is 0 Å². The summed E-state index contributed by atoms with van der Waals surface area (Å²) in [5, 5.41) is 0. The van der Waals surface area contributed by atoms with Crippen molar-refractivity contribution in [2.75, 3.05) is 25.2 Å². The number of likely N-dealkylation sites (N-methyl/N-ethyl adjacent to an activating group) is 1. The van der Waals surface area contributed by atoms with Gasteiger partial charge in [-0.25, -0.2) is 0 Å². The molecule has 7 heteroatoms. The molecular formula is C22H26BrNO5. The van der Waals surface area contributed by atoms with E-state index in [0.717, 1.165) is 5.69 Å². The zero-order valence-corrected chi connectivity index (χ0v) is 18.7. The number of amides is 1. The van der Waals surface area contributed by atoms with Crippen molar-refractivity contribution in [1.29, 1.82) is 0 Å². The summed E-state index contributed by atoms with van der Waals surface area (Å²) in [6.07, 6.45) is -0.903. The summed E-state index contributed by atoms with van der Waals surface area (Å²) in [5.41, 5.74) is 1.42. The minimum absolute atomic E-state index is 0.000264. The van der Waals surface area contributed by atoms with E-state index in [1.165, 1.54) is 4.90 Å². The highest BCUT2D eigenvalue weighted by Crippen LogP contribution is 2.34. The van der Waals surface area contributed by atoms with Crippen molar-refractivity contribution in [1.82, 2.24) is 0 Å². The van der Waals surface area contributed by atoms with E-state index in [2.05, 4.69) is 15.9 Å². The molecule has 156 valence electrons. The zero-order chi connectivity index (χ0) is 21.4. The van der Waals surface area contributed by atoms with E-state index in [1.807, 2.05) is 44.2 Å². The number of hydrogen-bond acceptors (Lipinski definition) is 5. The van der Waals surface area contributed by atoms with Crippen molar-refractivity contribution in [2.24, 2.45) is 0 Å². The number of anilines is 1. The molecular weight excluding hydrogens is 438 g/mol. The molecule has 29 heavy (non-hydrogen) atoms. The lowest BCUT2D eigenvalue weighted by atomic mass is 10.1. The first-order chi connectivity index (χ1) is 13.9. The van der Waals surface area contributed by atoms with Crippen molar-refractivity contribution in [3.63, 3.8) is 0 Å². The Kier molecular flexibility index (Phi) is 8.51. The van der Waals surface area contributed by atoms with Crippen LogP contribution >= 0.6 is 15.9 Å². The molecule has 2 aromatic carbocycles. The van der Waals surface area contributed by atoms with Crippen LogP contribution in [0.3, 0.4) is 0 Å². The van der Waals surface area contributed by atoms with Gasteiger partial charge in [-0.3, -0.25) is 9.59 Å². The van der Waals surface area contributed by atoms with E-state index in [-0.39, 0.29) is 12.3 Å². The number of para-hydroxylation sites is 1. The summed E-state index contributed by atoms with van der Waals surface area (Å²) in [6.45, 7) is 6.31. The third-order valence-electron chi connectivity index (χ3n) is 4.18. The predicted molar refractivity (Wildman–Crippen MR) is 116 cm³/mol. The number of carbonyl (C=O) groups is 2. The fraction of sp³-hybridized carbons (Fsp3) is 0.364. The van der Waals surface area contributed by atoms with Gasteiger partial charge in [-0.05, 0) is 50.6 Å². The number of ether oxygens (including phenoxy) is 3. The maximum atomic E-state index is 12.6. The minimum atomic E-state index is -0.902. The van der Waals surface area contributed by atoms with Crippen LogP contribution in [0.5, 0.6) is 11.5 Å². The molecule has 0 aliphatic rings. The lowest BCUT2D eigenvalue weighted by Gasteiger charge is -2.21. The highest BCUT2D eigenvalue weighted by Gasteiger charge is 2.23. The van der Waals surface area contributed by atoms with E-state index in [0.29, 0.717) is 34.7 Å². The molecule has 0 radical (unpaired) electrons. The van der Waals surface area contributed by atoms with Gasteiger partial charge >= 0.3 is 5.97 Å². The molecule has 0 heterocycles. The Hall–Kier alpha value is -2.54. The second-order valence-corrected chi connectivity index (χ2v) is 7.15. The van der Waals surface area contributed by atoms with Gasteiger partial charge < -0.3 is 19.1 Å². The summed E-state index contributed by atoms with van der Waals surface area (Å²) in [6, 6.07) is 12.7. The van der Waals surface area contributed by atoms with Crippen LogP contribution in [0.15, 0.2) is 46.9 Å². The van der Waals surface area contributed by atoms with Gasteiger partial charge in [0.15, 0.2) is 17.6 Å². The lowest BCUT2D eigenvalue weighted by Crippen LogP contribution is -2.37. The number of carbonyl (C=O) groups excluding carboxylic acids is 2. The number of hydrogen-bond donors (Lipinski definition) is 0. The van der Waals surface area contributed by atoms with Gasteiger partial charge in [0.2, 0.25) is 0 Å². The number of nitrogens with zero attached hydrogens (tertiary/aromatic N) is 1. The molecule has 0 saturated heterocycles. The number of halogens is 1. The van der Waals surface area contributed by atoms with Crippen molar-refractivity contribution in [2.45, 2.75) is 33.3 Å². The monoisotopic (exact) mass is 463 g/mol. The third-order valence-corrected chi connectivity index (χ3v) is 4.92. The zero-order valence-electron chi connectivity index (χ0n) is 17.1. The molecule has 1 amide bonds. The normalized spacial score (nSPS) is 11.5. The maximum absolute atomic E-state index is 12.6. The summed E-state index contributed by atoms with van der Waals surface area (Å²) < 4.78 is 17.3. The predicted octanol–water partition coefficient (Wildman–Crippen LogP) is 4.38. The minimum Gasteiger partial charge on any atom is -0.490 e. The van der Waals surface area contributed by atoms with E-state index in [9.17, 15) is 9.59 Å². The molecule has 0 aliphatic carbocycles. The third kappa shape index (κ3) is 6.22. The Labute approximate surface area is 179 Å². The number of esters is 1. The molecule has 1 atom stereocenters. The maximum Gasteiger partial charge on any atom is 0.311 e. The van der Waals surface area contributed by atoms with Crippen LogP contribution < -0.4 is 14.4 Å². The average molecular weight is 464 g/mol. The molecule has 0 aliphatic heterocycles. The van der Waals surface area contributed by atoms with Gasteiger partial charge in [0.25, 0.3) is 5.91 Å². The topological polar surface area (TPSA) is 65.1 Å². The van der Waals surface area contributed by atoms with Crippen LogP contribution in [0.4, 0.5) is 5.69 Å². The van der Waals surface area contributed by atoms with Crippen molar-refractivity contribution >= 4 is 33.5 Å². The second kappa shape index (κ2) is 10.9. The number of benzene rings is 2. The van der Waals surface area contributed by atoms with E-state index in [4.69, 9.17) is 14.2 Å². The lowest BCUT2D eigenvalue weighted by molar-refractivity contribution is -0.153. The Morgan fingerprint density at radius 3 is 2.21 bits per heavy atom. The van der Waals surface area contributed by atoms with Crippen molar-refractivity contribution in [3.05, 3.63) is 52.5 Å². The standard InChI is InChI=1S/C22H26BrNO5/c1-5-27-19-12-16(18(23)14-20(19)28-6-2)13-21(25)29-15(3)22(26)24(4)17-10-8-7-9-11-17/h7-12,14-15H,5-6,13H2,1-4H3. The Bertz CT molecular complexity index is 841. The molecule has 0 fully saturated rings. The molecule has 0 bridgehead atoms. The second-order valence-electron chi connectivity index (χ2n) is 6.30. The van der Waals surface area contributed by atoms with Gasteiger partial charge in [-0.1, -0.05) is 34.1 Å². The largest absolute Gasteiger partial charge is 0.490 e. The van der Waals surface area contributed by atoms with Crippen LogP contribution in [0.2, 0.25) is 0 Å². The fourth-order valence-corrected chi connectivity index (χ4v) is 3.21. The van der Waals surface area contributed by atoms with Crippen molar-refractivity contribution in [3.8, 4) is 11.5 Å². The highest BCUT2D eigenvalue weighted by atomic mass is 79.9. The summed E-state index contributed by atoms with van der Waals surface area (Å²) >= 11 is 3.46. The van der Waals surface area contributed by atoms with Crippen LogP contribution in [0.25, 0.3) is 0 Å². The van der Waals surface area contributed by atoms with E-state index < -0.39 is 12.1 Å². The molecule has 6 nitrogen and oxygen atoms in total. The smallest absolute Gasteiger partial charge is 0.311 e. The first kappa shape index (κ1) is 22.7.